The van der Waals surface area contributed by atoms with Gasteiger partial charge in [0, 0.05) is 6.21 Å². The molecule has 0 aliphatic heterocycles. The lowest BCUT2D eigenvalue weighted by Gasteiger charge is -2.19. The van der Waals surface area contributed by atoms with Crippen molar-refractivity contribution in [1.82, 2.24) is 5.43 Å². The van der Waals surface area contributed by atoms with Crippen LogP contribution in [0.5, 0.6) is 5.75 Å². The zero-order valence-corrected chi connectivity index (χ0v) is 23.4. The van der Waals surface area contributed by atoms with Crippen molar-refractivity contribution >= 4 is 18.1 Å². The van der Waals surface area contributed by atoms with Crippen LogP contribution in [0.25, 0.3) is 0 Å². The molecule has 0 aliphatic carbocycles. The molecule has 1 amide bonds. The average Bonchev–Trinajstić information content (AvgIpc) is 2.86. The van der Waals surface area contributed by atoms with Gasteiger partial charge in [0.15, 0.2) is 6.61 Å². The number of ether oxygens (including phenoxy) is 2. The van der Waals surface area contributed by atoms with Gasteiger partial charge in [0.25, 0.3) is 5.91 Å². The molecule has 0 saturated carbocycles. The molecule has 0 bridgehead atoms. The van der Waals surface area contributed by atoms with Gasteiger partial charge in [-0.15, -0.1) is 0 Å². The zero-order chi connectivity index (χ0) is 27.3. The van der Waals surface area contributed by atoms with Crippen LogP contribution in [0, 0.1) is 5.92 Å². The summed E-state index contributed by atoms with van der Waals surface area (Å²) in [6.07, 6.45) is 7.31. The van der Waals surface area contributed by atoms with Gasteiger partial charge in [-0.2, -0.15) is 5.10 Å². The van der Waals surface area contributed by atoms with Crippen molar-refractivity contribution in [3.63, 3.8) is 0 Å². The Balaban J connectivity index is 1.83. The number of nitrogens with one attached hydrogen (secondary N) is 1. The monoisotopic (exact) mass is 508 g/mol. The van der Waals surface area contributed by atoms with Crippen LogP contribution in [0.2, 0.25) is 0 Å². The first-order chi connectivity index (χ1) is 17.6. The first-order valence-corrected chi connectivity index (χ1v) is 13.5. The SMILES string of the molecule is CCCCCC(CC)OC(=O)c1ccccc1OCC(=O)NN=CC(C)Cc1ccc(C(C)(C)C)cc1. The molecule has 0 aliphatic rings. The molecule has 0 heterocycles. The van der Waals surface area contributed by atoms with E-state index in [9.17, 15) is 9.59 Å². The van der Waals surface area contributed by atoms with E-state index in [-0.39, 0.29) is 24.0 Å². The van der Waals surface area contributed by atoms with E-state index in [2.05, 4.69) is 69.4 Å². The predicted octanol–water partition coefficient (Wildman–Crippen LogP) is 6.86. The summed E-state index contributed by atoms with van der Waals surface area (Å²) in [5.41, 5.74) is 5.48. The van der Waals surface area contributed by atoms with Crippen molar-refractivity contribution in [3.8, 4) is 5.75 Å². The maximum absolute atomic E-state index is 12.8. The lowest BCUT2D eigenvalue weighted by molar-refractivity contribution is -0.123. The van der Waals surface area contributed by atoms with Gasteiger partial charge in [-0.25, -0.2) is 10.2 Å². The summed E-state index contributed by atoms with van der Waals surface area (Å²) in [5.74, 6) is -0.350. The highest BCUT2D eigenvalue weighted by atomic mass is 16.5. The molecule has 202 valence electrons. The van der Waals surface area contributed by atoms with E-state index in [1.54, 1.807) is 30.5 Å². The molecule has 2 aromatic rings. The molecule has 2 atom stereocenters. The van der Waals surface area contributed by atoms with Crippen LogP contribution in [0.1, 0.15) is 95.1 Å². The Kier molecular flexibility index (Phi) is 12.3. The van der Waals surface area contributed by atoms with Crippen LogP contribution < -0.4 is 10.2 Å². The molecule has 37 heavy (non-hydrogen) atoms. The van der Waals surface area contributed by atoms with E-state index in [0.717, 1.165) is 38.5 Å². The summed E-state index contributed by atoms with van der Waals surface area (Å²) in [6.45, 7) is 12.6. The van der Waals surface area contributed by atoms with Gasteiger partial charge in [0.1, 0.15) is 17.4 Å². The summed E-state index contributed by atoms with van der Waals surface area (Å²) >= 11 is 0. The summed E-state index contributed by atoms with van der Waals surface area (Å²) in [4.78, 5) is 25.0. The minimum Gasteiger partial charge on any atom is -0.483 e. The number of carbonyl (C=O) groups excluding carboxylic acids is 2. The second-order valence-electron chi connectivity index (χ2n) is 10.7. The third-order valence-electron chi connectivity index (χ3n) is 6.22. The second kappa shape index (κ2) is 15.2. The lowest BCUT2D eigenvalue weighted by atomic mass is 9.86. The number of hydrazone groups is 1. The van der Waals surface area contributed by atoms with Gasteiger partial charge in [0.05, 0.1) is 0 Å². The van der Waals surface area contributed by atoms with E-state index in [4.69, 9.17) is 9.47 Å². The van der Waals surface area contributed by atoms with E-state index in [1.807, 2.05) is 6.92 Å². The molecule has 0 aromatic heterocycles. The predicted molar refractivity (Wildman–Crippen MR) is 150 cm³/mol. The minimum atomic E-state index is -0.429. The van der Waals surface area contributed by atoms with Gasteiger partial charge >= 0.3 is 5.97 Å². The third-order valence-corrected chi connectivity index (χ3v) is 6.22. The number of unbranched alkanes of at least 4 members (excludes halogenated alkanes) is 2. The highest BCUT2D eigenvalue weighted by molar-refractivity contribution is 5.92. The molecular weight excluding hydrogens is 464 g/mol. The third kappa shape index (κ3) is 10.8. The first-order valence-electron chi connectivity index (χ1n) is 13.5. The normalized spacial score (nSPS) is 13.2. The summed E-state index contributed by atoms with van der Waals surface area (Å²) < 4.78 is 11.3. The average molecular weight is 509 g/mol. The van der Waals surface area contributed by atoms with E-state index in [1.165, 1.54) is 11.1 Å². The van der Waals surface area contributed by atoms with Crippen LogP contribution >= 0.6 is 0 Å². The highest BCUT2D eigenvalue weighted by Crippen LogP contribution is 2.23. The second-order valence-corrected chi connectivity index (χ2v) is 10.7. The number of carbonyl (C=O) groups is 2. The van der Waals surface area contributed by atoms with Crippen molar-refractivity contribution < 1.29 is 19.1 Å². The standard InChI is InChI=1S/C31H44N2O4/c1-7-9-10-13-26(8-2)37-30(35)27-14-11-12-15-28(27)36-22-29(34)33-32-21-23(3)20-24-16-18-25(19-17-24)31(4,5)6/h11-12,14-19,21,23,26H,7-10,13,20,22H2,1-6H3,(H,33,34). The summed E-state index contributed by atoms with van der Waals surface area (Å²) in [6, 6.07) is 15.5. The smallest absolute Gasteiger partial charge is 0.342 e. The Morgan fingerprint density at radius 2 is 1.73 bits per heavy atom. The zero-order valence-electron chi connectivity index (χ0n) is 23.4. The fourth-order valence-corrected chi connectivity index (χ4v) is 3.92. The van der Waals surface area contributed by atoms with Crippen molar-refractivity contribution in [2.75, 3.05) is 6.61 Å². The largest absolute Gasteiger partial charge is 0.483 e. The van der Waals surface area contributed by atoms with Crippen LogP contribution in [-0.2, 0) is 21.4 Å². The van der Waals surface area contributed by atoms with E-state index in [0.29, 0.717) is 11.3 Å². The molecule has 1 N–H and O–H groups in total. The van der Waals surface area contributed by atoms with Crippen LogP contribution in [-0.4, -0.2) is 30.8 Å². The number of rotatable bonds is 14. The Hall–Kier alpha value is -3.15. The first kappa shape index (κ1) is 30.1. The van der Waals surface area contributed by atoms with Crippen molar-refractivity contribution in [3.05, 3.63) is 65.2 Å². The Labute approximate surface area is 222 Å². The lowest BCUT2D eigenvalue weighted by Crippen LogP contribution is -2.26. The van der Waals surface area contributed by atoms with Crippen molar-refractivity contribution in [2.24, 2.45) is 11.0 Å². The van der Waals surface area contributed by atoms with Crippen molar-refractivity contribution in [2.45, 2.75) is 91.6 Å². The van der Waals surface area contributed by atoms with Gasteiger partial charge in [-0.3, -0.25) is 4.79 Å². The van der Waals surface area contributed by atoms with E-state index < -0.39 is 11.9 Å². The molecule has 2 rings (SSSR count). The number of nitrogens with zero attached hydrogens (tertiary/aromatic N) is 1. The Bertz CT molecular complexity index is 1010. The van der Waals surface area contributed by atoms with Gasteiger partial charge in [-0.05, 0) is 60.3 Å². The van der Waals surface area contributed by atoms with E-state index >= 15 is 0 Å². The molecule has 0 fully saturated rings. The quantitative estimate of drug-likeness (QED) is 0.131. The maximum Gasteiger partial charge on any atom is 0.342 e. The maximum atomic E-state index is 12.8. The van der Waals surface area contributed by atoms with Crippen LogP contribution in [0.3, 0.4) is 0 Å². The number of hydrogen-bond donors (Lipinski definition) is 1. The van der Waals surface area contributed by atoms with Gasteiger partial charge in [0.2, 0.25) is 0 Å². The summed E-state index contributed by atoms with van der Waals surface area (Å²) in [7, 11) is 0. The van der Waals surface area contributed by atoms with Crippen LogP contribution in [0.15, 0.2) is 53.6 Å². The number of benzene rings is 2. The fourth-order valence-electron chi connectivity index (χ4n) is 3.92. The number of para-hydroxylation sites is 1. The number of esters is 1. The highest BCUT2D eigenvalue weighted by Gasteiger charge is 2.19. The summed E-state index contributed by atoms with van der Waals surface area (Å²) in [5, 5.41) is 4.08. The molecule has 2 unspecified atom stereocenters. The Morgan fingerprint density at radius 1 is 1.03 bits per heavy atom. The number of hydrogen-bond acceptors (Lipinski definition) is 5. The molecule has 0 radical (unpaired) electrons. The van der Waals surface area contributed by atoms with Gasteiger partial charge < -0.3 is 9.47 Å². The topological polar surface area (TPSA) is 77.0 Å². The van der Waals surface area contributed by atoms with Gasteiger partial charge in [-0.1, -0.05) is 90.8 Å². The molecule has 6 nitrogen and oxygen atoms in total. The molecule has 0 spiro atoms. The van der Waals surface area contributed by atoms with Crippen LogP contribution in [0.4, 0.5) is 0 Å². The fraction of sp³-hybridized carbons (Fsp3) is 0.516. The molecule has 2 aromatic carbocycles. The molecule has 0 saturated heterocycles. The molecule has 6 heteroatoms. The number of amides is 1. The molecular formula is C31H44N2O4. The Morgan fingerprint density at radius 3 is 2.38 bits per heavy atom. The minimum absolute atomic E-state index is 0.122. The van der Waals surface area contributed by atoms with Crippen molar-refractivity contribution in [1.29, 1.82) is 0 Å².